The molecule has 3 unspecified atom stereocenters. The highest BCUT2D eigenvalue weighted by atomic mass is 19.1. The molecule has 0 amide bonds. The van der Waals surface area contributed by atoms with E-state index < -0.39 is 0 Å². The molecule has 1 aromatic carbocycles. The maximum atomic E-state index is 13.5. The normalized spacial score (nSPS) is 24.8. The van der Waals surface area contributed by atoms with Crippen LogP contribution in [0.1, 0.15) is 25.5 Å². The van der Waals surface area contributed by atoms with Crippen molar-refractivity contribution >= 4 is 5.69 Å². The van der Waals surface area contributed by atoms with E-state index in [0.29, 0.717) is 13.2 Å². The van der Waals surface area contributed by atoms with Crippen LogP contribution in [0.4, 0.5) is 10.1 Å². The highest BCUT2D eigenvalue weighted by molar-refractivity contribution is 5.56. The Balaban J connectivity index is 2.34. The number of hydrogen-bond acceptors (Lipinski definition) is 4. The second-order valence-corrected chi connectivity index (χ2v) is 5.35. The second-order valence-electron chi connectivity index (χ2n) is 5.35. The molecular formula is C15H23FN2O2. The van der Waals surface area contributed by atoms with Gasteiger partial charge >= 0.3 is 0 Å². The van der Waals surface area contributed by atoms with Gasteiger partial charge in [-0.1, -0.05) is 0 Å². The molecule has 2 N–H and O–H groups in total. The van der Waals surface area contributed by atoms with Crippen LogP contribution in [0.15, 0.2) is 18.2 Å². The molecule has 0 aromatic heterocycles. The van der Waals surface area contributed by atoms with E-state index in [1.165, 1.54) is 6.07 Å². The largest absolute Gasteiger partial charge is 0.394 e. The maximum Gasteiger partial charge on any atom is 0.123 e. The molecule has 112 valence electrons. The minimum atomic E-state index is -0.231. The Morgan fingerprint density at radius 2 is 2.30 bits per heavy atom. The lowest BCUT2D eigenvalue weighted by molar-refractivity contribution is -0.0104. The maximum absolute atomic E-state index is 13.5. The van der Waals surface area contributed by atoms with Gasteiger partial charge in [0.2, 0.25) is 0 Å². The van der Waals surface area contributed by atoms with Crippen molar-refractivity contribution in [2.45, 2.75) is 32.0 Å². The summed E-state index contributed by atoms with van der Waals surface area (Å²) in [4.78, 5) is 2.19. The first kappa shape index (κ1) is 15.2. The van der Waals surface area contributed by atoms with Crippen LogP contribution in [0.3, 0.4) is 0 Å². The van der Waals surface area contributed by atoms with Crippen molar-refractivity contribution < 1.29 is 14.2 Å². The van der Waals surface area contributed by atoms with E-state index in [0.717, 1.165) is 11.3 Å². The van der Waals surface area contributed by atoms with Crippen LogP contribution in [0.2, 0.25) is 0 Å². The molecule has 20 heavy (non-hydrogen) atoms. The number of rotatable bonds is 4. The van der Waals surface area contributed by atoms with Gasteiger partial charge in [0.05, 0.1) is 19.3 Å². The molecule has 4 nitrogen and oxygen atoms in total. The summed E-state index contributed by atoms with van der Waals surface area (Å²) in [7, 11) is 1.86. The molecule has 1 aliphatic heterocycles. The van der Waals surface area contributed by atoms with Gasteiger partial charge in [-0.2, -0.15) is 0 Å². The predicted molar refractivity (Wildman–Crippen MR) is 77.5 cm³/mol. The smallest absolute Gasteiger partial charge is 0.123 e. The third-order valence-electron chi connectivity index (χ3n) is 3.91. The summed E-state index contributed by atoms with van der Waals surface area (Å²) in [6, 6.07) is 5.13. The van der Waals surface area contributed by atoms with E-state index in [2.05, 4.69) is 17.1 Å². The SMILES string of the molecule is CNC(C)c1cc(F)ccc1N1CC(CO)OCC1C. The number of anilines is 1. The Kier molecular flexibility index (Phi) is 4.96. The Morgan fingerprint density at radius 3 is 2.95 bits per heavy atom. The van der Waals surface area contributed by atoms with Gasteiger partial charge in [0.25, 0.3) is 0 Å². The number of aliphatic hydroxyl groups excluding tert-OH is 1. The zero-order chi connectivity index (χ0) is 14.7. The third-order valence-corrected chi connectivity index (χ3v) is 3.91. The predicted octanol–water partition coefficient (Wildman–Crippen LogP) is 1.69. The molecule has 0 bridgehead atoms. The van der Waals surface area contributed by atoms with Gasteiger partial charge in [0.1, 0.15) is 5.82 Å². The van der Waals surface area contributed by atoms with E-state index in [1.54, 1.807) is 6.07 Å². The van der Waals surface area contributed by atoms with E-state index in [4.69, 9.17) is 4.74 Å². The molecule has 0 spiro atoms. The van der Waals surface area contributed by atoms with Crippen LogP contribution in [0.25, 0.3) is 0 Å². The van der Waals surface area contributed by atoms with Gasteiger partial charge < -0.3 is 20.1 Å². The first-order valence-corrected chi connectivity index (χ1v) is 7.02. The van der Waals surface area contributed by atoms with E-state index in [9.17, 15) is 9.50 Å². The molecule has 1 saturated heterocycles. The van der Waals surface area contributed by atoms with Crippen molar-refractivity contribution in [3.05, 3.63) is 29.6 Å². The average molecular weight is 282 g/mol. The van der Waals surface area contributed by atoms with Gasteiger partial charge in [-0.25, -0.2) is 4.39 Å². The standard InChI is InChI=1S/C15H23FN2O2/c1-10-9-20-13(8-19)7-18(10)15-5-4-12(16)6-14(15)11(2)17-3/h4-6,10-11,13,17,19H,7-9H2,1-3H3. The zero-order valence-electron chi connectivity index (χ0n) is 12.3. The fraction of sp³-hybridized carbons (Fsp3) is 0.600. The van der Waals surface area contributed by atoms with Crippen LogP contribution in [-0.2, 0) is 4.74 Å². The third kappa shape index (κ3) is 3.11. The Morgan fingerprint density at radius 1 is 1.55 bits per heavy atom. The lowest BCUT2D eigenvalue weighted by atomic mass is 10.0. The van der Waals surface area contributed by atoms with Gasteiger partial charge in [0, 0.05) is 24.3 Å². The summed E-state index contributed by atoms with van der Waals surface area (Å²) >= 11 is 0. The lowest BCUT2D eigenvalue weighted by Gasteiger charge is -2.40. The summed E-state index contributed by atoms with van der Waals surface area (Å²) in [5, 5.41) is 12.4. The topological polar surface area (TPSA) is 44.7 Å². The highest BCUT2D eigenvalue weighted by Gasteiger charge is 2.28. The lowest BCUT2D eigenvalue weighted by Crippen LogP contribution is -2.50. The molecular weight excluding hydrogens is 259 g/mol. The van der Waals surface area contributed by atoms with Gasteiger partial charge in [-0.3, -0.25) is 0 Å². The summed E-state index contributed by atoms with van der Waals surface area (Å²) in [6.07, 6.45) is -0.186. The number of nitrogens with one attached hydrogen (secondary N) is 1. The number of halogens is 1. The summed E-state index contributed by atoms with van der Waals surface area (Å²) in [5.74, 6) is -0.231. The number of ether oxygens (including phenoxy) is 1. The van der Waals surface area contributed by atoms with Gasteiger partial charge in [-0.15, -0.1) is 0 Å². The van der Waals surface area contributed by atoms with Crippen molar-refractivity contribution in [1.82, 2.24) is 5.32 Å². The van der Waals surface area contributed by atoms with Crippen LogP contribution in [0.5, 0.6) is 0 Å². The van der Waals surface area contributed by atoms with Crippen LogP contribution >= 0.6 is 0 Å². The van der Waals surface area contributed by atoms with Crippen LogP contribution < -0.4 is 10.2 Å². The van der Waals surface area contributed by atoms with Crippen LogP contribution in [-0.4, -0.2) is 44.1 Å². The molecule has 0 aliphatic carbocycles. The van der Waals surface area contributed by atoms with Crippen molar-refractivity contribution in [3.63, 3.8) is 0 Å². The fourth-order valence-electron chi connectivity index (χ4n) is 2.55. The molecule has 5 heteroatoms. The zero-order valence-corrected chi connectivity index (χ0v) is 12.3. The van der Waals surface area contributed by atoms with Crippen molar-refractivity contribution in [2.24, 2.45) is 0 Å². The first-order valence-electron chi connectivity index (χ1n) is 7.02. The molecule has 0 radical (unpaired) electrons. The minimum absolute atomic E-state index is 0.00132. The number of morpholine rings is 1. The summed E-state index contributed by atoms with van der Waals surface area (Å²) in [5.41, 5.74) is 1.93. The average Bonchev–Trinajstić information content (AvgIpc) is 2.47. The van der Waals surface area contributed by atoms with E-state index >= 15 is 0 Å². The van der Waals surface area contributed by atoms with Crippen molar-refractivity contribution in [3.8, 4) is 0 Å². The first-order chi connectivity index (χ1) is 9.56. The minimum Gasteiger partial charge on any atom is -0.394 e. The highest BCUT2D eigenvalue weighted by Crippen LogP contribution is 2.30. The van der Waals surface area contributed by atoms with Crippen LogP contribution in [0, 0.1) is 5.82 Å². The Labute approximate surface area is 119 Å². The Hall–Kier alpha value is -1.17. The molecule has 0 saturated carbocycles. The second kappa shape index (κ2) is 6.52. The number of aliphatic hydroxyl groups is 1. The van der Waals surface area contributed by atoms with Crippen molar-refractivity contribution in [2.75, 3.05) is 31.7 Å². The molecule has 1 aliphatic rings. The fourth-order valence-corrected chi connectivity index (χ4v) is 2.55. The summed E-state index contributed by atoms with van der Waals surface area (Å²) in [6.45, 7) is 5.27. The van der Waals surface area contributed by atoms with Gasteiger partial charge in [-0.05, 0) is 44.7 Å². The van der Waals surface area contributed by atoms with Gasteiger partial charge in [0.15, 0.2) is 0 Å². The number of benzene rings is 1. The number of nitrogens with zero attached hydrogens (tertiary/aromatic N) is 1. The molecule has 1 heterocycles. The monoisotopic (exact) mass is 282 g/mol. The van der Waals surface area contributed by atoms with Crippen molar-refractivity contribution in [1.29, 1.82) is 0 Å². The van der Waals surface area contributed by atoms with E-state index in [-0.39, 0.29) is 30.6 Å². The quantitative estimate of drug-likeness (QED) is 0.882. The molecule has 1 fully saturated rings. The summed E-state index contributed by atoms with van der Waals surface area (Å²) < 4.78 is 19.1. The molecule has 1 aromatic rings. The Bertz CT molecular complexity index is 455. The molecule has 3 atom stereocenters. The van der Waals surface area contributed by atoms with E-state index in [1.807, 2.05) is 20.0 Å². The molecule has 2 rings (SSSR count). The number of hydrogen-bond donors (Lipinski definition) is 2.